The van der Waals surface area contributed by atoms with Gasteiger partial charge in [-0.1, -0.05) is 18.2 Å². The molecule has 0 fully saturated rings. The van der Waals surface area contributed by atoms with Crippen molar-refractivity contribution in [3.05, 3.63) is 34.8 Å². The molecule has 0 amide bonds. The van der Waals surface area contributed by atoms with Gasteiger partial charge in [-0.2, -0.15) is 13.2 Å². The van der Waals surface area contributed by atoms with Gasteiger partial charge in [0.05, 0.1) is 11.9 Å². The van der Waals surface area contributed by atoms with Crippen LogP contribution in [0.15, 0.2) is 29.3 Å². The van der Waals surface area contributed by atoms with E-state index in [-0.39, 0.29) is 11.8 Å². The summed E-state index contributed by atoms with van der Waals surface area (Å²) < 4.78 is 38.4. The van der Waals surface area contributed by atoms with Gasteiger partial charge in [0.2, 0.25) is 0 Å². The lowest BCUT2D eigenvalue weighted by Gasteiger charge is -2.10. The molecule has 0 N–H and O–H groups in total. The third kappa shape index (κ3) is 1.44. The normalized spacial score (nSPS) is 14.7. The topological polar surface area (TPSA) is 29.4 Å². The molecule has 0 spiro atoms. The summed E-state index contributed by atoms with van der Waals surface area (Å²) >= 11 is 0. The molecule has 1 aliphatic rings. The van der Waals surface area contributed by atoms with Gasteiger partial charge >= 0.3 is 12.0 Å². The van der Waals surface area contributed by atoms with Crippen molar-refractivity contribution in [2.24, 2.45) is 4.99 Å². The molecule has 1 aliphatic heterocycles. The first kappa shape index (κ1) is 9.89. The van der Waals surface area contributed by atoms with E-state index in [1.165, 1.54) is 6.07 Å². The predicted octanol–water partition coefficient (Wildman–Crippen LogP) is 0.602. The Balaban J connectivity index is 2.70. The fraction of sp³-hybridized carbons (Fsp3) is 0.200. The zero-order chi connectivity index (χ0) is 11.1. The lowest BCUT2D eigenvalue weighted by molar-refractivity contribution is -0.147. The van der Waals surface area contributed by atoms with Crippen LogP contribution in [0, 0.1) is 0 Å². The fourth-order valence-electron chi connectivity index (χ4n) is 1.50. The number of alkyl halides is 2. The van der Waals surface area contributed by atoms with Crippen LogP contribution in [0.3, 0.4) is 0 Å². The van der Waals surface area contributed by atoms with E-state index in [2.05, 4.69) is 4.99 Å². The average molecular weight is 213 g/mol. The molecule has 78 valence electrons. The minimum Gasteiger partial charge on any atom is -0.280 e. The molecule has 2 nitrogen and oxygen atoms in total. The summed E-state index contributed by atoms with van der Waals surface area (Å²) in [6.45, 7) is -0.331. The Morgan fingerprint density at radius 3 is 2.67 bits per heavy atom. The lowest BCUT2D eigenvalue weighted by atomic mass is 10.1. The van der Waals surface area contributed by atoms with Gasteiger partial charge in [0.15, 0.2) is 0 Å². The summed E-state index contributed by atoms with van der Waals surface area (Å²) in [5.74, 6) is -4.06. The quantitative estimate of drug-likeness (QED) is 0.661. The smallest absolute Gasteiger partial charge is 0.280 e. The minimum absolute atomic E-state index is 0.147. The molecular formula is C10H6F3NO. The van der Waals surface area contributed by atoms with Gasteiger partial charge in [0, 0.05) is 10.8 Å². The highest BCUT2D eigenvalue weighted by Gasteiger charge is 2.44. The number of hydrogen-bond donors (Lipinski definition) is 0. The van der Waals surface area contributed by atoms with E-state index in [1.54, 1.807) is 18.2 Å². The Labute approximate surface area is 82.7 Å². The molecule has 0 atom stereocenters. The number of rotatable bonds is 2. The monoisotopic (exact) mass is 213 g/mol. The molecule has 0 saturated heterocycles. The number of fused-ring (bicyclic) bond motifs is 1. The first-order chi connectivity index (χ1) is 7.03. The lowest BCUT2D eigenvalue weighted by Crippen LogP contribution is -2.34. The molecule has 1 aromatic carbocycles. The van der Waals surface area contributed by atoms with Crippen LogP contribution in [0.1, 0.15) is 0 Å². The summed E-state index contributed by atoms with van der Waals surface area (Å²) in [5.41, 5.74) is -0.564. The van der Waals surface area contributed by atoms with E-state index in [9.17, 15) is 18.0 Å². The Morgan fingerprint density at radius 1 is 1.33 bits per heavy atom. The Bertz CT molecular complexity index is 536. The Kier molecular flexibility index (Phi) is 2.10. The van der Waals surface area contributed by atoms with E-state index in [4.69, 9.17) is 0 Å². The van der Waals surface area contributed by atoms with Crippen LogP contribution in [0.5, 0.6) is 0 Å². The highest BCUT2D eigenvalue weighted by molar-refractivity contribution is 5.89. The van der Waals surface area contributed by atoms with Gasteiger partial charge < -0.3 is 0 Å². The maximum Gasteiger partial charge on any atom is 0.375 e. The molecule has 0 radical (unpaired) electrons. The van der Waals surface area contributed by atoms with Crippen LogP contribution in [-0.2, 0) is 4.79 Å². The van der Waals surface area contributed by atoms with Gasteiger partial charge in [-0.05, 0) is 6.07 Å². The number of halogens is 3. The van der Waals surface area contributed by atoms with Crippen LogP contribution in [-0.4, -0.2) is 18.5 Å². The van der Waals surface area contributed by atoms with Gasteiger partial charge in [0.1, 0.15) is 0 Å². The molecule has 1 aromatic rings. The van der Waals surface area contributed by atoms with Crippen molar-refractivity contribution in [1.82, 2.24) is 0 Å². The standard InChI is InChI=1S/C10H6F3NO/c11-9(15)10(12,13)7-5-14-8-4-2-1-3-6(7)8/h1-4H,5H2. The van der Waals surface area contributed by atoms with Crippen molar-refractivity contribution in [2.45, 2.75) is 5.92 Å². The van der Waals surface area contributed by atoms with Crippen molar-refractivity contribution in [2.75, 3.05) is 6.54 Å². The highest BCUT2D eigenvalue weighted by atomic mass is 19.3. The van der Waals surface area contributed by atoms with Crippen molar-refractivity contribution in [3.8, 4) is 0 Å². The molecule has 0 bridgehead atoms. The molecular weight excluding hydrogens is 207 g/mol. The van der Waals surface area contributed by atoms with Gasteiger partial charge in [-0.25, -0.2) is 0 Å². The summed E-state index contributed by atoms with van der Waals surface area (Å²) in [5, 5.41) is 0.516. The molecule has 0 saturated carbocycles. The van der Waals surface area contributed by atoms with Crippen molar-refractivity contribution in [1.29, 1.82) is 0 Å². The third-order valence-electron chi connectivity index (χ3n) is 2.26. The first-order valence-electron chi connectivity index (χ1n) is 4.24. The molecule has 5 heteroatoms. The number of hydrogen-bond acceptors (Lipinski definition) is 2. The number of para-hydroxylation sites is 1. The predicted molar refractivity (Wildman–Crippen MR) is 46.6 cm³/mol. The second-order valence-electron chi connectivity index (χ2n) is 3.16. The zero-order valence-electron chi connectivity index (χ0n) is 7.51. The molecule has 0 unspecified atom stereocenters. The van der Waals surface area contributed by atoms with Crippen molar-refractivity contribution in [3.63, 3.8) is 0 Å². The van der Waals surface area contributed by atoms with E-state index < -0.39 is 17.5 Å². The van der Waals surface area contributed by atoms with Crippen LogP contribution in [0.25, 0.3) is 5.57 Å². The van der Waals surface area contributed by atoms with Crippen LogP contribution in [0.4, 0.5) is 13.2 Å². The summed E-state index contributed by atoms with van der Waals surface area (Å²) in [6, 6.07) is 3.49. The molecule has 0 aromatic heterocycles. The van der Waals surface area contributed by atoms with Crippen molar-refractivity contribution >= 4 is 11.6 Å². The number of nitrogens with zero attached hydrogens (tertiary/aromatic N) is 1. The van der Waals surface area contributed by atoms with E-state index in [1.807, 2.05) is 0 Å². The number of carbonyl (C=O) groups excluding carboxylic acids is 1. The van der Waals surface area contributed by atoms with E-state index in [0.717, 1.165) is 0 Å². The minimum atomic E-state index is -4.06. The second kappa shape index (κ2) is 3.18. The SMILES string of the molecule is O=C(F)C(F)(F)C1=c2ccccc2=NC1. The van der Waals surface area contributed by atoms with E-state index >= 15 is 0 Å². The maximum atomic E-state index is 13.1. The second-order valence-corrected chi connectivity index (χ2v) is 3.16. The molecule has 2 rings (SSSR count). The number of benzene rings is 1. The van der Waals surface area contributed by atoms with Crippen LogP contribution >= 0.6 is 0 Å². The van der Waals surface area contributed by atoms with Gasteiger partial charge in [0.25, 0.3) is 0 Å². The Morgan fingerprint density at radius 2 is 2.00 bits per heavy atom. The summed E-state index contributed by atoms with van der Waals surface area (Å²) in [6.07, 6.45) is 0. The largest absolute Gasteiger partial charge is 0.375 e. The summed E-state index contributed by atoms with van der Waals surface area (Å²) in [4.78, 5) is 14.0. The maximum absolute atomic E-state index is 13.1. The molecule has 15 heavy (non-hydrogen) atoms. The first-order valence-corrected chi connectivity index (χ1v) is 4.24. The Hall–Kier alpha value is -1.65. The van der Waals surface area contributed by atoms with E-state index in [0.29, 0.717) is 5.36 Å². The highest BCUT2D eigenvalue weighted by Crippen LogP contribution is 2.26. The van der Waals surface area contributed by atoms with Crippen molar-refractivity contribution < 1.29 is 18.0 Å². The summed E-state index contributed by atoms with van der Waals surface area (Å²) in [7, 11) is 0. The third-order valence-corrected chi connectivity index (χ3v) is 2.26. The fourth-order valence-corrected chi connectivity index (χ4v) is 1.50. The zero-order valence-corrected chi connectivity index (χ0v) is 7.51. The van der Waals surface area contributed by atoms with Crippen LogP contribution < -0.4 is 10.6 Å². The number of carbonyl (C=O) groups is 1. The molecule has 1 heterocycles. The van der Waals surface area contributed by atoms with Gasteiger partial charge in [-0.3, -0.25) is 9.79 Å². The van der Waals surface area contributed by atoms with Gasteiger partial charge in [-0.15, -0.1) is 0 Å². The molecule has 0 aliphatic carbocycles. The van der Waals surface area contributed by atoms with Crippen LogP contribution in [0.2, 0.25) is 0 Å². The average Bonchev–Trinajstić information content (AvgIpc) is 2.61.